The van der Waals surface area contributed by atoms with Gasteiger partial charge in [0.25, 0.3) is 5.91 Å². The van der Waals surface area contributed by atoms with E-state index < -0.39 is 0 Å². The van der Waals surface area contributed by atoms with Crippen LogP contribution in [0.5, 0.6) is 5.75 Å². The molecule has 1 heterocycles. The second-order valence-electron chi connectivity index (χ2n) is 6.40. The highest BCUT2D eigenvalue weighted by molar-refractivity contribution is 5.91. The van der Waals surface area contributed by atoms with Gasteiger partial charge in [0.1, 0.15) is 18.1 Å². The highest BCUT2D eigenvalue weighted by Crippen LogP contribution is 2.19. The molecular weight excluding hydrogens is 338 g/mol. The summed E-state index contributed by atoms with van der Waals surface area (Å²) in [5, 5.41) is 3.03. The lowest BCUT2D eigenvalue weighted by atomic mass is 10.0. The lowest BCUT2D eigenvalue weighted by molar-refractivity contribution is 0.0903. The zero-order valence-corrected chi connectivity index (χ0v) is 15.8. The minimum atomic E-state index is -0.218. The monoisotopic (exact) mass is 363 g/mol. The number of ether oxygens (including phenoxy) is 1. The Morgan fingerprint density at radius 2 is 1.74 bits per heavy atom. The van der Waals surface area contributed by atoms with Crippen LogP contribution in [-0.2, 0) is 13.0 Å². The molecule has 4 nitrogen and oxygen atoms in total. The van der Waals surface area contributed by atoms with Gasteiger partial charge in [0.15, 0.2) is 5.76 Å². The number of rotatable bonds is 8. The van der Waals surface area contributed by atoms with Crippen LogP contribution in [0, 0.1) is 0 Å². The average molecular weight is 363 g/mol. The van der Waals surface area contributed by atoms with Crippen LogP contribution in [0.4, 0.5) is 0 Å². The Bertz CT molecular complexity index is 853. The van der Waals surface area contributed by atoms with E-state index in [4.69, 9.17) is 9.15 Å². The van der Waals surface area contributed by atoms with Crippen LogP contribution in [0.2, 0.25) is 0 Å². The van der Waals surface area contributed by atoms with Gasteiger partial charge in [-0.05, 0) is 48.2 Å². The van der Waals surface area contributed by atoms with Crippen LogP contribution < -0.4 is 10.1 Å². The van der Waals surface area contributed by atoms with E-state index in [1.807, 2.05) is 61.5 Å². The SMILES string of the molecule is CCc1ccc(OCc2ccc(C(=O)NC(CC)c3ccccc3)o2)cc1. The first-order chi connectivity index (χ1) is 13.2. The lowest BCUT2D eigenvalue weighted by Gasteiger charge is -2.16. The van der Waals surface area contributed by atoms with Crippen LogP contribution in [0.3, 0.4) is 0 Å². The molecule has 0 saturated carbocycles. The summed E-state index contributed by atoms with van der Waals surface area (Å²) in [6, 6.07) is 21.3. The van der Waals surface area contributed by atoms with Gasteiger partial charge in [-0.2, -0.15) is 0 Å². The summed E-state index contributed by atoms with van der Waals surface area (Å²) in [5.74, 6) is 1.48. The van der Waals surface area contributed by atoms with Gasteiger partial charge in [-0.25, -0.2) is 0 Å². The molecule has 0 aliphatic carbocycles. The third-order valence-corrected chi connectivity index (χ3v) is 4.51. The Hall–Kier alpha value is -3.01. The van der Waals surface area contributed by atoms with Crippen molar-refractivity contribution >= 4 is 5.91 Å². The van der Waals surface area contributed by atoms with Crippen molar-refractivity contribution in [2.75, 3.05) is 0 Å². The molecule has 140 valence electrons. The second kappa shape index (κ2) is 9.08. The van der Waals surface area contributed by atoms with Gasteiger partial charge in [-0.15, -0.1) is 0 Å². The molecule has 2 aromatic carbocycles. The Morgan fingerprint density at radius 1 is 1.00 bits per heavy atom. The average Bonchev–Trinajstić information content (AvgIpc) is 3.20. The first-order valence-corrected chi connectivity index (χ1v) is 9.35. The van der Waals surface area contributed by atoms with Crippen LogP contribution in [-0.4, -0.2) is 5.91 Å². The molecule has 1 atom stereocenters. The number of carbonyl (C=O) groups excluding carboxylic acids is 1. The molecule has 1 amide bonds. The third-order valence-electron chi connectivity index (χ3n) is 4.51. The predicted molar refractivity (Wildman–Crippen MR) is 106 cm³/mol. The largest absolute Gasteiger partial charge is 0.486 e. The maximum atomic E-state index is 12.5. The van der Waals surface area contributed by atoms with Crippen molar-refractivity contribution in [2.45, 2.75) is 39.3 Å². The highest BCUT2D eigenvalue weighted by Gasteiger charge is 2.17. The minimum absolute atomic E-state index is 0.0411. The Morgan fingerprint density at radius 3 is 2.41 bits per heavy atom. The Labute approximate surface area is 160 Å². The maximum Gasteiger partial charge on any atom is 0.287 e. The quantitative estimate of drug-likeness (QED) is 0.591. The van der Waals surface area contributed by atoms with E-state index in [1.54, 1.807) is 12.1 Å². The smallest absolute Gasteiger partial charge is 0.287 e. The van der Waals surface area contributed by atoms with E-state index in [2.05, 4.69) is 12.2 Å². The Kier molecular flexibility index (Phi) is 6.31. The fraction of sp³-hybridized carbons (Fsp3) is 0.261. The molecule has 1 aromatic heterocycles. The number of hydrogen-bond acceptors (Lipinski definition) is 3. The molecule has 0 spiro atoms. The number of hydrogen-bond donors (Lipinski definition) is 1. The molecule has 0 bridgehead atoms. The van der Waals surface area contributed by atoms with Crippen molar-refractivity contribution in [1.29, 1.82) is 0 Å². The maximum absolute atomic E-state index is 12.5. The summed E-state index contributed by atoms with van der Waals surface area (Å²) in [4.78, 5) is 12.5. The van der Waals surface area contributed by atoms with Crippen molar-refractivity contribution in [3.8, 4) is 5.75 Å². The molecule has 3 rings (SSSR count). The number of benzene rings is 2. The number of aryl methyl sites for hydroxylation is 1. The van der Waals surface area contributed by atoms with Crippen LogP contribution in [0.15, 0.2) is 71.1 Å². The molecular formula is C23H25NO3. The van der Waals surface area contributed by atoms with Crippen molar-refractivity contribution < 1.29 is 13.9 Å². The molecule has 0 radical (unpaired) electrons. The van der Waals surface area contributed by atoms with E-state index in [-0.39, 0.29) is 18.6 Å². The number of nitrogens with one attached hydrogen (secondary N) is 1. The van der Waals surface area contributed by atoms with E-state index >= 15 is 0 Å². The molecule has 4 heteroatoms. The lowest BCUT2D eigenvalue weighted by Crippen LogP contribution is -2.27. The van der Waals surface area contributed by atoms with E-state index in [1.165, 1.54) is 5.56 Å². The summed E-state index contributed by atoms with van der Waals surface area (Å²) < 4.78 is 11.4. The fourth-order valence-corrected chi connectivity index (χ4v) is 2.89. The fourth-order valence-electron chi connectivity index (χ4n) is 2.89. The van der Waals surface area contributed by atoms with E-state index in [0.717, 1.165) is 24.2 Å². The highest BCUT2D eigenvalue weighted by atomic mass is 16.5. The molecule has 3 aromatic rings. The van der Waals surface area contributed by atoms with E-state index in [9.17, 15) is 4.79 Å². The molecule has 1 N–H and O–H groups in total. The van der Waals surface area contributed by atoms with Crippen molar-refractivity contribution in [3.63, 3.8) is 0 Å². The van der Waals surface area contributed by atoms with Crippen molar-refractivity contribution in [3.05, 3.63) is 89.4 Å². The summed E-state index contributed by atoms with van der Waals surface area (Å²) in [6.45, 7) is 4.45. The van der Waals surface area contributed by atoms with Gasteiger partial charge in [0.2, 0.25) is 0 Å². The normalized spacial score (nSPS) is 11.8. The van der Waals surface area contributed by atoms with Crippen molar-refractivity contribution in [1.82, 2.24) is 5.32 Å². The number of amides is 1. The molecule has 1 unspecified atom stereocenters. The topological polar surface area (TPSA) is 51.5 Å². The van der Waals surface area contributed by atoms with Gasteiger partial charge < -0.3 is 14.5 Å². The van der Waals surface area contributed by atoms with E-state index in [0.29, 0.717) is 11.5 Å². The third kappa shape index (κ3) is 5.00. The molecule has 0 saturated heterocycles. The van der Waals surface area contributed by atoms with Gasteiger partial charge in [-0.1, -0.05) is 56.3 Å². The molecule has 27 heavy (non-hydrogen) atoms. The second-order valence-corrected chi connectivity index (χ2v) is 6.40. The predicted octanol–water partition coefficient (Wildman–Crippen LogP) is 5.30. The number of furan rings is 1. The van der Waals surface area contributed by atoms with Crippen molar-refractivity contribution in [2.24, 2.45) is 0 Å². The Balaban J connectivity index is 1.58. The molecule has 0 fully saturated rings. The minimum Gasteiger partial charge on any atom is -0.486 e. The van der Waals surface area contributed by atoms with Gasteiger partial charge in [0.05, 0.1) is 6.04 Å². The van der Waals surface area contributed by atoms with Crippen LogP contribution in [0.1, 0.15) is 53.8 Å². The zero-order valence-electron chi connectivity index (χ0n) is 15.8. The zero-order chi connectivity index (χ0) is 19.1. The van der Waals surface area contributed by atoms with Gasteiger partial charge in [0, 0.05) is 0 Å². The first-order valence-electron chi connectivity index (χ1n) is 9.35. The summed E-state index contributed by atoms with van der Waals surface area (Å²) in [5.41, 5.74) is 2.35. The summed E-state index contributed by atoms with van der Waals surface area (Å²) in [7, 11) is 0. The van der Waals surface area contributed by atoms with Gasteiger partial charge in [-0.3, -0.25) is 4.79 Å². The summed E-state index contributed by atoms with van der Waals surface area (Å²) >= 11 is 0. The standard InChI is InChI=1S/C23H25NO3/c1-3-17-10-12-19(13-11-17)26-16-20-14-15-22(27-20)23(25)24-21(4-2)18-8-6-5-7-9-18/h5-15,21H,3-4,16H2,1-2H3,(H,24,25). The first kappa shape index (κ1) is 18.8. The van der Waals surface area contributed by atoms with Crippen LogP contribution in [0.25, 0.3) is 0 Å². The number of carbonyl (C=O) groups is 1. The van der Waals surface area contributed by atoms with Gasteiger partial charge >= 0.3 is 0 Å². The van der Waals surface area contributed by atoms with Crippen LogP contribution >= 0.6 is 0 Å². The molecule has 0 aliphatic rings. The summed E-state index contributed by atoms with van der Waals surface area (Å²) in [6.07, 6.45) is 1.80. The molecule has 0 aliphatic heterocycles.